The first-order valence-corrected chi connectivity index (χ1v) is 10.6. The van der Waals surface area contributed by atoms with E-state index in [1.807, 2.05) is 4.90 Å². The van der Waals surface area contributed by atoms with Gasteiger partial charge >= 0.3 is 0 Å². The summed E-state index contributed by atoms with van der Waals surface area (Å²) in [5, 5.41) is -0.00851. The quantitative estimate of drug-likeness (QED) is 0.611. The maximum absolute atomic E-state index is 11.6. The summed E-state index contributed by atoms with van der Waals surface area (Å²) in [7, 11) is -5.97. The molecule has 0 N–H and O–H groups in total. The van der Waals surface area contributed by atoms with Gasteiger partial charge in [-0.3, -0.25) is 0 Å². The molecule has 3 aliphatic rings. The highest BCUT2D eigenvalue weighted by atomic mass is 32.2. The standard InChI is InChI=1S/C9H13NO4S4/c11-17(12)2-1-6(3-17)10-7-4-18(13,14)5-8(7)16-9(10)15/h6-8H,1-5H2/t6-,7+,8+/m1/s1. The molecule has 102 valence electrons. The van der Waals surface area contributed by atoms with E-state index in [1.165, 1.54) is 11.8 Å². The molecule has 3 rings (SSSR count). The monoisotopic (exact) mass is 327 g/mol. The Kier molecular flexibility index (Phi) is 2.97. The Morgan fingerprint density at radius 1 is 1.11 bits per heavy atom. The molecule has 18 heavy (non-hydrogen) atoms. The van der Waals surface area contributed by atoms with Gasteiger partial charge in [-0.05, 0) is 6.42 Å². The average molecular weight is 327 g/mol. The highest BCUT2D eigenvalue weighted by molar-refractivity contribution is 8.24. The van der Waals surface area contributed by atoms with Gasteiger partial charge in [0.25, 0.3) is 0 Å². The fraction of sp³-hybridized carbons (Fsp3) is 0.889. The van der Waals surface area contributed by atoms with Crippen LogP contribution in [0.4, 0.5) is 0 Å². The lowest BCUT2D eigenvalue weighted by molar-refractivity contribution is 0.292. The van der Waals surface area contributed by atoms with E-state index in [2.05, 4.69) is 0 Å². The molecule has 0 aliphatic carbocycles. The van der Waals surface area contributed by atoms with Crippen LogP contribution in [0.25, 0.3) is 0 Å². The van der Waals surface area contributed by atoms with Gasteiger partial charge in [-0.2, -0.15) is 0 Å². The van der Waals surface area contributed by atoms with Crippen molar-refractivity contribution >= 4 is 48.0 Å². The molecule has 0 aromatic heterocycles. The number of thioether (sulfide) groups is 1. The van der Waals surface area contributed by atoms with Crippen LogP contribution < -0.4 is 0 Å². The van der Waals surface area contributed by atoms with Crippen LogP contribution in [0.2, 0.25) is 0 Å². The van der Waals surface area contributed by atoms with Crippen molar-refractivity contribution in [2.45, 2.75) is 23.8 Å². The van der Waals surface area contributed by atoms with Gasteiger partial charge < -0.3 is 4.90 Å². The van der Waals surface area contributed by atoms with Crippen LogP contribution >= 0.6 is 24.0 Å². The molecule has 3 aliphatic heterocycles. The fourth-order valence-electron chi connectivity index (χ4n) is 2.91. The predicted octanol–water partition coefficient (Wildman–Crippen LogP) is -0.327. The summed E-state index contributed by atoms with van der Waals surface area (Å²) in [5.41, 5.74) is 0. The Balaban J connectivity index is 1.86. The minimum Gasteiger partial charge on any atom is -0.348 e. The van der Waals surface area contributed by atoms with Crippen molar-refractivity contribution in [2.24, 2.45) is 0 Å². The average Bonchev–Trinajstić information content (AvgIpc) is 2.75. The zero-order valence-electron chi connectivity index (χ0n) is 9.48. The van der Waals surface area contributed by atoms with Gasteiger partial charge in [-0.1, -0.05) is 24.0 Å². The first kappa shape index (κ1) is 13.1. The molecule has 0 radical (unpaired) electrons. The van der Waals surface area contributed by atoms with E-state index < -0.39 is 19.7 Å². The van der Waals surface area contributed by atoms with Crippen molar-refractivity contribution in [3.8, 4) is 0 Å². The molecule has 0 spiro atoms. The lowest BCUT2D eigenvalue weighted by Gasteiger charge is -2.29. The van der Waals surface area contributed by atoms with Crippen molar-refractivity contribution in [1.82, 2.24) is 4.90 Å². The van der Waals surface area contributed by atoms with Crippen molar-refractivity contribution in [3.63, 3.8) is 0 Å². The molecule has 0 bridgehead atoms. The van der Waals surface area contributed by atoms with Gasteiger partial charge in [-0.15, -0.1) is 0 Å². The minimum atomic E-state index is -2.99. The maximum atomic E-state index is 11.6. The van der Waals surface area contributed by atoms with Crippen LogP contribution in [-0.2, 0) is 19.7 Å². The van der Waals surface area contributed by atoms with E-state index in [0.29, 0.717) is 10.7 Å². The third kappa shape index (κ3) is 2.19. The summed E-state index contributed by atoms with van der Waals surface area (Å²) in [6.45, 7) is 0. The molecule has 3 fully saturated rings. The molecule has 3 atom stereocenters. The smallest absolute Gasteiger partial charge is 0.153 e. The Labute approximate surface area is 116 Å². The highest BCUT2D eigenvalue weighted by Gasteiger charge is 2.51. The summed E-state index contributed by atoms with van der Waals surface area (Å²) in [4.78, 5) is 1.89. The predicted molar refractivity (Wildman–Crippen MR) is 75.3 cm³/mol. The third-order valence-corrected chi connectivity index (χ3v) is 9.07. The van der Waals surface area contributed by atoms with Crippen LogP contribution in [0.1, 0.15) is 6.42 Å². The Bertz CT molecular complexity index is 596. The second-order valence-corrected chi connectivity index (χ2v) is 11.3. The van der Waals surface area contributed by atoms with Gasteiger partial charge in [0.1, 0.15) is 4.32 Å². The van der Waals surface area contributed by atoms with Gasteiger partial charge in [0.15, 0.2) is 19.7 Å². The van der Waals surface area contributed by atoms with Crippen molar-refractivity contribution in [3.05, 3.63) is 0 Å². The van der Waals surface area contributed by atoms with Crippen LogP contribution in [0.15, 0.2) is 0 Å². The highest BCUT2D eigenvalue weighted by Crippen LogP contribution is 2.40. The van der Waals surface area contributed by atoms with E-state index in [1.54, 1.807) is 0 Å². The van der Waals surface area contributed by atoms with Crippen molar-refractivity contribution < 1.29 is 16.8 Å². The molecular formula is C9H13NO4S4. The van der Waals surface area contributed by atoms with Gasteiger partial charge in [0.05, 0.1) is 29.1 Å². The topological polar surface area (TPSA) is 71.5 Å². The molecule has 9 heteroatoms. The summed E-state index contributed by atoms with van der Waals surface area (Å²) >= 11 is 6.70. The Morgan fingerprint density at radius 3 is 2.44 bits per heavy atom. The summed E-state index contributed by atoms with van der Waals surface area (Å²) in [6.07, 6.45) is 0.562. The molecule has 3 saturated heterocycles. The molecule has 0 amide bonds. The fourth-order valence-corrected chi connectivity index (χ4v) is 9.11. The van der Waals surface area contributed by atoms with Crippen LogP contribution in [-0.4, -0.2) is 66.4 Å². The largest absolute Gasteiger partial charge is 0.348 e. The Morgan fingerprint density at radius 2 is 1.83 bits per heavy atom. The molecule has 0 aromatic carbocycles. The Hall–Kier alpha value is 0.140. The zero-order valence-corrected chi connectivity index (χ0v) is 12.7. The van der Waals surface area contributed by atoms with E-state index in [9.17, 15) is 16.8 Å². The molecule has 3 heterocycles. The number of hydrogen-bond donors (Lipinski definition) is 0. The number of fused-ring (bicyclic) bond motifs is 1. The summed E-state index contributed by atoms with van der Waals surface area (Å²) in [6, 6.07) is -0.246. The number of rotatable bonds is 1. The van der Waals surface area contributed by atoms with Crippen LogP contribution in [0.3, 0.4) is 0 Å². The zero-order chi connectivity index (χ0) is 13.1. The summed E-state index contributed by atoms with van der Waals surface area (Å²) < 4.78 is 47.0. The molecule has 0 saturated carbocycles. The SMILES string of the molecule is O=S1(=O)CC[C@@H](N2C(=S)S[C@H]3CS(=O)(=O)C[C@@H]32)C1. The molecular weight excluding hydrogens is 314 g/mol. The van der Waals surface area contributed by atoms with E-state index in [4.69, 9.17) is 12.2 Å². The third-order valence-electron chi connectivity index (χ3n) is 3.69. The number of thiocarbonyl (C=S) groups is 1. The maximum Gasteiger partial charge on any atom is 0.153 e. The summed E-state index contributed by atoms with van der Waals surface area (Å²) in [5.74, 6) is 0.572. The first-order valence-electron chi connectivity index (χ1n) is 5.67. The van der Waals surface area contributed by atoms with Gasteiger partial charge in [0.2, 0.25) is 0 Å². The number of nitrogens with zero attached hydrogens (tertiary/aromatic N) is 1. The molecule has 0 aromatic rings. The first-order chi connectivity index (χ1) is 8.27. The minimum absolute atomic E-state index is 0.00851. The van der Waals surface area contributed by atoms with Crippen LogP contribution in [0.5, 0.6) is 0 Å². The van der Waals surface area contributed by atoms with E-state index in [-0.39, 0.29) is 40.3 Å². The van der Waals surface area contributed by atoms with Gasteiger partial charge in [0, 0.05) is 11.3 Å². The van der Waals surface area contributed by atoms with E-state index >= 15 is 0 Å². The van der Waals surface area contributed by atoms with Crippen molar-refractivity contribution in [1.29, 1.82) is 0 Å². The van der Waals surface area contributed by atoms with Gasteiger partial charge in [-0.25, -0.2) is 16.8 Å². The normalized spacial score (nSPS) is 41.2. The molecule has 0 unspecified atom stereocenters. The molecule has 5 nitrogen and oxygen atoms in total. The second-order valence-electron chi connectivity index (χ2n) is 5.03. The number of sulfone groups is 2. The van der Waals surface area contributed by atoms with Crippen molar-refractivity contribution in [2.75, 3.05) is 23.0 Å². The number of hydrogen-bond acceptors (Lipinski definition) is 6. The lowest BCUT2D eigenvalue weighted by Crippen LogP contribution is -2.44. The van der Waals surface area contributed by atoms with Crippen LogP contribution in [0, 0.1) is 0 Å². The van der Waals surface area contributed by atoms with E-state index in [0.717, 1.165) is 0 Å². The second kappa shape index (κ2) is 4.07. The lowest BCUT2D eigenvalue weighted by atomic mass is 10.1.